The van der Waals surface area contributed by atoms with Crippen molar-refractivity contribution >= 4 is 15.9 Å². The Morgan fingerprint density at radius 3 is 2.36 bits per heavy atom. The first-order valence-corrected chi connectivity index (χ1v) is 9.42. The van der Waals surface area contributed by atoms with Crippen molar-refractivity contribution in [3.05, 3.63) is 35.9 Å². The van der Waals surface area contributed by atoms with E-state index in [0.717, 1.165) is 12.8 Å². The Hall–Kier alpha value is -1.40. The van der Waals surface area contributed by atoms with Gasteiger partial charge in [0, 0.05) is 25.6 Å². The molecule has 6 heteroatoms. The van der Waals surface area contributed by atoms with Gasteiger partial charge in [0.2, 0.25) is 15.9 Å². The number of sulfonamides is 1. The summed E-state index contributed by atoms with van der Waals surface area (Å²) in [7, 11) is -3.26. The number of rotatable bonds is 9. The number of benzene rings is 1. The molecule has 5 nitrogen and oxygen atoms in total. The fourth-order valence-electron chi connectivity index (χ4n) is 2.06. The second-order valence-corrected chi connectivity index (χ2v) is 7.68. The Morgan fingerprint density at radius 1 is 1.18 bits per heavy atom. The minimum absolute atomic E-state index is 0.0577. The van der Waals surface area contributed by atoms with Gasteiger partial charge in [-0.2, -0.15) is 0 Å². The van der Waals surface area contributed by atoms with Crippen LogP contribution in [-0.4, -0.2) is 44.5 Å². The number of carbonyl (C=O) groups excluding carboxylic acids is 1. The van der Waals surface area contributed by atoms with Crippen LogP contribution in [0.2, 0.25) is 0 Å². The average Bonchev–Trinajstić information content (AvgIpc) is 2.45. The Kier molecular flexibility index (Phi) is 7.55. The van der Waals surface area contributed by atoms with E-state index < -0.39 is 10.0 Å². The van der Waals surface area contributed by atoms with Crippen LogP contribution in [0.3, 0.4) is 0 Å². The monoisotopic (exact) mass is 326 g/mol. The number of nitrogens with one attached hydrogen (secondary N) is 1. The van der Waals surface area contributed by atoms with Crippen molar-refractivity contribution in [3.63, 3.8) is 0 Å². The average molecular weight is 326 g/mol. The van der Waals surface area contributed by atoms with E-state index in [1.54, 1.807) is 0 Å². The maximum absolute atomic E-state index is 11.8. The molecule has 1 rings (SSSR count). The summed E-state index contributed by atoms with van der Waals surface area (Å²) in [5.41, 5.74) is 1.20. The Morgan fingerprint density at radius 2 is 1.82 bits per heavy atom. The molecule has 1 N–H and O–H groups in total. The van der Waals surface area contributed by atoms with Crippen LogP contribution in [0, 0.1) is 5.92 Å². The van der Waals surface area contributed by atoms with Crippen LogP contribution in [0.15, 0.2) is 30.3 Å². The minimum atomic E-state index is -3.26. The van der Waals surface area contributed by atoms with Crippen LogP contribution in [-0.2, 0) is 21.2 Å². The highest BCUT2D eigenvalue weighted by Gasteiger charge is 2.16. The predicted molar refractivity (Wildman–Crippen MR) is 89.0 cm³/mol. The molecule has 0 aliphatic heterocycles. The fourth-order valence-corrected chi connectivity index (χ4v) is 2.94. The molecule has 0 bridgehead atoms. The van der Waals surface area contributed by atoms with Gasteiger partial charge in [0.15, 0.2) is 0 Å². The summed E-state index contributed by atoms with van der Waals surface area (Å²) in [6.07, 6.45) is 2.81. The lowest BCUT2D eigenvalue weighted by molar-refractivity contribution is -0.123. The van der Waals surface area contributed by atoms with Crippen LogP contribution < -0.4 is 5.32 Å². The molecule has 0 aromatic heterocycles. The quantitative estimate of drug-likeness (QED) is 0.750. The summed E-state index contributed by atoms with van der Waals surface area (Å²) in [5.74, 6) is -0.150. The van der Waals surface area contributed by atoms with Gasteiger partial charge in [0.05, 0.1) is 6.26 Å². The summed E-state index contributed by atoms with van der Waals surface area (Å²) >= 11 is 0. The fraction of sp³-hybridized carbons (Fsp3) is 0.562. The maximum Gasteiger partial charge on any atom is 0.222 e. The van der Waals surface area contributed by atoms with Crippen LogP contribution in [0.25, 0.3) is 0 Å². The van der Waals surface area contributed by atoms with Crippen LogP contribution >= 0.6 is 0 Å². The number of aryl methyl sites for hydroxylation is 1. The Balaban J connectivity index is 2.43. The highest BCUT2D eigenvalue weighted by molar-refractivity contribution is 7.88. The van der Waals surface area contributed by atoms with Crippen molar-refractivity contribution in [2.75, 3.05) is 25.9 Å². The zero-order chi connectivity index (χ0) is 16.6. The molecule has 22 heavy (non-hydrogen) atoms. The van der Waals surface area contributed by atoms with E-state index in [1.165, 1.54) is 16.1 Å². The zero-order valence-corrected chi connectivity index (χ0v) is 14.4. The summed E-state index contributed by atoms with van der Waals surface area (Å²) < 4.78 is 25.0. The summed E-state index contributed by atoms with van der Waals surface area (Å²) in [5, 5.41) is 2.75. The first kappa shape index (κ1) is 18.6. The molecule has 1 amide bonds. The van der Waals surface area contributed by atoms with Crippen molar-refractivity contribution < 1.29 is 13.2 Å². The zero-order valence-electron chi connectivity index (χ0n) is 13.6. The third-order valence-corrected chi connectivity index (χ3v) is 4.67. The lowest BCUT2D eigenvalue weighted by Crippen LogP contribution is -2.39. The minimum Gasteiger partial charge on any atom is -0.355 e. The van der Waals surface area contributed by atoms with Crippen molar-refractivity contribution in [2.24, 2.45) is 5.92 Å². The van der Waals surface area contributed by atoms with E-state index in [-0.39, 0.29) is 11.8 Å². The molecule has 0 fully saturated rings. The van der Waals surface area contributed by atoms with Gasteiger partial charge in [0.25, 0.3) is 0 Å². The van der Waals surface area contributed by atoms with Crippen LogP contribution in [0.1, 0.15) is 25.8 Å². The molecule has 0 heterocycles. The van der Waals surface area contributed by atoms with Crippen molar-refractivity contribution in [2.45, 2.75) is 26.7 Å². The van der Waals surface area contributed by atoms with Crippen LogP contribution in [0.5, 0.6) is 0 Å². The van der Waals surface area contributed by atoms with E-state index in [0.29, 0.717) is 19.6 Å². The molecule has 0 spiro atoms. The van der Waals surface area contributed by atoms with E-state index in [1.807, 2.05) is 44.2 Å². The van der Waals surface area contributed by atoms with E-state index in [9.17, 15) is 13.2 Å². The first-order valence-electron chi connectivity index (χ1n) is 7.57. The number of carbonyl (C=O) groups is 1. The maximum atomic E-state index is 11.8. The first-order chi connectivity index (χ1) is 10.3. The molecule has 0 unspecified atom stereocenters. The predicted octanol–water partition coefficient (Wildman–Crippen LogP) is 1.65. The molecular formula is C16H26N2O3S. The second kappa shape index (κ2) is 8.90. The van der Waals surface area contributed by atoms with Gasteiger partial charge in [0.1, 0.15) is 0 Å². The summed E-state index contributed by atoms with van der Waals surface area (Å²) in [4.78, 5) is 11.5. The molecule has 0 saturated carbocycles. The molecular weight excluding hydrogens is 300 g/mol. The summed E-state index contributed by atoms with van der Waals surface area (Å²) in [6.45, 7) is 4.74. The highest BCUT2D eigenvalue weighted by atomic mass is 32.2. The van der Waals surface area contributed by atoms with Gasteiger partial charge >= 0.3 is 0 Å². The van der Waals surface area contributed by atoms with E-state index in [2.05, 4.69) is 5.32 Å². The van der Waals surface area contributed by atoms with Gasteiger partial charge in [-0.05, 0) is 18.4 Å². The largest absolute Gasteiger partial charge is 0.355 e. The molecule has 0 aliphatic rings. The third-order valence-electron chi connectivity index (χ3n) is 3.37. The SMILES string of the molecule is CC(C)C(=O)NCCN(CCCc1ccccc1)S(C)(=O)=O. The number of hydrogen-bond acceptors (Lipinski definition) is 3. The lowest BCUT2D eigenvalue weighted by atomic mass is 10.1. The van der Waals surface area contributed by atoms with Gasteiger partial charge in [-0.3, -0.25) is 4.79 Å². The van der Waals surface area contributed by atoms with E-state index in [4.69, 9.17) is 0 Å². The topological polar surface area (TPSA) is 66.5 Å². The molecule has 124 valence electrons. The number of nitrogens with zero attached hydrogens (tertiary/aromatic N) is 1. The van der Waals surface area contributed by atoms with Gasteiger partial charge in [-0.1, -0.05) is 44.2 Å². The van der Waals surface area contributed by atoms with Crippen molar-refractivity contribution in [3.8, 4) is 0 Å². The van der Waals surface area contributed by atoms with Crippen molar-refractivity contribution in [1.29, 1.82) is 0 Å². The highest BCUT2D eigenvalue weighted by Crippen LogP contribution is 2.05. The van der Waals surface area contributed by atoms with Crippen LogP contribution in [0.4, 0.5) is 0 Å². The summed E-state index contributed by atoms with van der Waals surface area (Å²) in [6, 6.07) is 9.99. The smallest absolute Gasteiger partial charge is 0.222 e. The molecule has 1 aromatic carbocycles. The molecule has 0 radical (unpaired) electrons. The molecule has 1 aromatic rings. The van der Waals surface area contributed by atoms with E-state index >= 15 is 0 Å². The molecule has 0 atom stereocenters. The Labute approximate surface area is 133 Å². The third kappa shape index (κ3) is 7.04. The molecule has 0 saturated heterocycles. The van der Waals surface area contributed by atoms with Gasteiger partial charge < -0.3 is 5.32 Å². The lowest BCUT2D eigenvalue weighted by Gasteiger charge is -2.20. The number of hydrogen-bond donors (Lipinski definition) is 1. The second-order valence-electron chi connectivity index (χ2n) is 5.70. The Bertz CT molecular complexity index is 556. The van der Waals surface area contributed by atoms with Gasteiger partial charge in [-0.25, -0.2) is 12.7 Å². The normalized spacial score (nSPS) is 11.9. The van der Waals surface area contributed by atoms with Gasteiger partial charge in [-0.15, -0.1) is 0 Å². The standard InChI is InChI=1S/C16H26N2O3S/c1-14(2)16(19)17-11-13-18(22(3,20)21)12-7-10-15-8-5-4-6-9-15/h4-6,8-9,14H,7,10-13H2,1-3H3,(H,17,19). The number of amides is 1. The van der Waals surface area contributed by atoms with Crippen molar-refractivity contribution in [1.82, 2.24) is 9.62 Å². The molecule has 0 aliphatic carbocycles.